The van der Waals surface area contributed by atoms with E-state index in [1.165, 1.54) is 22.1 Å². The van der Waals surface area contributed by atoms with Crippen molar-refractivity contribution < 1.29 is 0 Å². The SMILES string of the molecule is Cc1cc([C@@H]2[C@H](c3ccccn3)N=C3S[C@@H](C)CN32)c(C)n1C(C)C. The normalized spacial score (nSPS) is 25.6. The molecular weight excluding hydrogens is 328 g/mol. The minimum atomic E-state index is 0.0808. The van der Waals surface area contributed by atoms with E-state index < -0.39 is 0 Å². The van der Waals surface area contributed by atoms with Crippen LogP contribution in [0.1, 0.15) is 61.5 Å². The highest BCUT2D eigenvalue weighted by molar-refractivity contribution is 8.14. The molecule has 2 aromatic heterocycles. The summed E-state index contributed by atoms with van der Waals surface area (Å²) in [4.78, 5) is 12.2. The standard InChI is InChI=1S/C20H26N4S/c1-12(2)24-13(3)10-16(15(24)5)19-18(17-8-6-7-9-21-17)22-20-23(19)11-14(4)25-20/h6-10,12,14,18-19H,11H2,1-5H3/t14-,18-,19+/m0/s1. The second-order valence-electron chi connectivity index (χ2n) is 7.43. The van der Waals surface area contributed by atoms with Crippen LogP contribution >= 0.6 is 11.8 Å². The van der Waals surface area contributed by atoms with Gasteiger partial charge < -0.3 is 9.47 Å². The first-order valence-electron chi connectivity index (χ1n) is 9.07. The quantitative estimate of drug-likeness (QED) is 0.803. The number of aliphatic imine (C=N–C) groups is 1. The molecular formula is C20H26N4S. The Morgan fingerprint density at radius 2 is 2.04 bits per heavy atom. The Morgan fingerprint density at radius 1 is 1.24 bits per heavy atom. The second-order valence-corrected chi connectivity index (χ2v) is 8.83. The molecule has 2 aliphatic rings. The fraction of sp³-hybridized carbons (Fsp3) is 0.500. The van der Waals surface area contributed by atoms with Gasteiger partial charge in [0.15, 0.2) is 5.17 Å². The van der Waals surface area contributed by atoms with E-state index in [-0.39, 0.29) is 12.1 Å². The molecule has 0 amide bonds. The summed E-state index contributed by atoms with van der Waals surface area (Å²) >= 11 is 1.90. The number of aromatic nitrogens is 2. The first-order chi connectivity index (χ1) is 12.0. The largest absolute Gasteiger partial charge is 0.346 e. The summed E-state index contributed by atoms with van der Waals surface area (Å²) in [5.74, 6) is 0. The number of hydrogen-bond acceptors (Lipinski definition) is 4. The fourth-order valence-electron chi connectivity index (χ4n) is 4.35. The Kier molecular flexibility index (Phi) is 4.14. The molecule has 4 nitrogen and oxygen atoms in total. The van der Waals surface area contributed by atoms with Crippen molar-refractivity contribution in [3.63, 3.8) is 0 Å². The Bertz CT molecular complexity index is 809. The highest BCUT2D eigenvalue weighted by Crippen LogP contribution is 2.48. The Balaban J connectivity index is 1.82. The van der Waals surface area contributed by atoms with Gasteiger partial charge in [-0.15, -0.1) is 0 Å². The summed E-state index contributed by atoms with van der Waals surface area (Å²) in [6, 6.07) is 9.31. The molecule has 1 saturated heterocycles. The number of hydrogen-bond donors (Lipinski definition) is 0. The Hall–Kier alpha value is -1.75. The lowest BCUT2D eigenvalue weighted by molar-refractivity contribution is 0.319. The molecule has 0 spiro atoms. The van der Waals surface area contributed by atoms with Gasteiger partial charge in [0, 0.05) is 35.4 Å². The second kappa shape index (κ2) is 6.20. The summed E-state index contributed by atoms with van der Waals surface area (Å²) < 4.78 is 2.44. The smallest absolute Gasteiger partial charge is 0.160 e. The van der Waals surface area contributed by atoms with E-state index in [0.717, 1.165) is 12.2 Å². The summed E-state index contributed by atoms with van der Waals surface area (Å²) in [7, 11) is 0. The van der Waals surface area contributed by atoms with E-state index in [4.69, 9.17) is 4.99 Å². The molecule has 3 atom stereocenters. The van der Waals surface area contributed by atoms with Gasteiger partial charge in [-0.25, -0.2) is 0 Å². The molecule has 4 rings (SSSR count). The zero-order chi connectivity index (χ0) is 17.7. The highest BCUT2D eigenvalue weighted by Gasteiger charge is 2.44. The van der Waals surface area contributed by atoms with Crippen LogP contribution in [-0.4, -0.2) is 31.4 Å². The molecule has 0 bridgehead atoms. The lowest BCUT2D eigenvalue weighted by atomic mass is 9.96. The van der Waals surface area contributed by atoms with Gasteiger partial charge in [-0.1, -0.05) is 24.8 Å². The van der Waals surface area contributed by atoms with Crippen LogP contribution in [0.4, 0.5) is 0 Å². The Morgan fingerprint density at radius 3 is 2.68 bits per heavy atom. The van der Waals surface area contributed by atoms with Gasteiger partial charge >= 0.3 is 0 Å². The first-order valence-corrected chi connectivity index (χ1v) is 9.95. The molecule has 0 unspecified atom stereocenters. The minimum Gasteiger partial charge on any atom is -0.346 e. The summed E-state index contributed by atoms with van der Waals surface area (Å²) in [6.07, 6.45) is 1.88. The van der Waals surface area contributed by atoms with E-state index in [9.17, 15) is 0 Å². The maximum absolute atomic E-state index is 5.09. The third kappa shape index (κ3) is 2.69. The lowest BCUT2D eigenvalue weighted by Gasteiger charge is -2.27. The minimum absolute atomic E-state index is 0.0808. The summed E-state index contributed by atoms with van der Waals surface area (Å²) in [5, 5.41) is 1.78. The van der Waals surface area contributed by atoms with Crippen LogP contribution in [0.5, 0.6) is 0 Å². The molecule has 0 aromatic carbocycles. The number of fused-ring (bicyclic) bond motifs is 1. The van der Waals surface area contributed by atoms with Crippen LogP contribution in [0.25, 0.3) is 0 Å². The molecule has 2 aromatic rings. The highest BCUT2D eigenvalue weighted by atomic mass is 32.2. The summed E-state index contributed by atoms with van der Waals surface area (Å²) in [6.45, 7) is 12.3. The Labute approximate surface area is 154 Å². The van der Waals surface area contributed by atoms with Crippen LogP contribution < -0.4 is 0 Å². The van der Waals surface area contributed by atoms with Crippen molar-refractivity contribution in [3.05, 3.63) is 53.1 Å². The average Bonchev–Trinajstić information content (AvgIpc) is 3.18. The van der Waals surface area contributed by atoms with Crippen molar-refractivity contribution in [2.75, 3.05) is 6.54 Å². The van der Waals surface area contributed by atoms with Gasteiger partial charge in [0.1, 0.15) is 6.04 Å². The molecule has 1 fully saturated rings. The van der Waals surface area contributed by atoms with E-state index in [2.05, 4.69) is 67.3 Å². The number of nitrogens with zero attached hydrogens (tertiary/aromatic N) is 4. The predicted molar refractivity (Wildman–Crippen MR) is 105 cm³/mol. The maximum Gasteiger partial charge on any atom is 0.160 e. The zero-order valence-corrected chi connectivity index (χ0v) is 16.4. The molecule has 4 heterocycles. The predicted octanol–water partition coefficient (Wildman–Crippen LogP) is 4.67. The molecule has 0 radical (unpaired) electrons. The van der Waals surface area contributed by atoms with Crippen molar-refractivity contribution in [1.82, 2.24) is 14.5 Å². The molecule has 5 heteroatoms. The zero-order valence-electron chi connectivity index (χ0n) is 15.6. The van der Waals surface area contributed by atoms with Gasteiger partial charge in [-0.2, -0.15) is 0 Å². The number of rotatable bonds is 3. The monoisotopic (exact) mass is 354 g/mol. The van der Waals surface area contributed by atoms with Crippen molar-refractivity contribution >= 4 is 16.9 Å². The van der Waals surface area contributed by atoms with Gasteiger partial charge in [-0.05, 0) is 51.5 Å². The first kappa shape index (κ1) is 16.7. The molecule has 132 valence electrons. The van der Waals surface area contributed by atoms with E-state index in [1.54, 1.807) is 0 Å². The molecule has 0 N–H and O–H groups in total. The number of pyridine rings is 1. The lowest BCUT2D eigenvalue weighted by Crippen LogP contribution is -2.29. The third-order valence-corrected chi connectivity index (χ3v) is 6.34. The van der Waals surface area contributed by atoms with Crippen LogP contribution in [0.2, 0.25) is 0 Å². The summed E-state index contributed by atoms with van der Waals surface area (Å²) in [5.41, 5.74) is 5.15. The van der Waals surface area contributed by atoms with Crippen molar-refractivity contribution in [1.29, 1.82) is 0 Å². The van der Waals surface area contributed by atoms with E-state index >= 15 is 0 Å². The van der Waals surface area contributed by atoms with Crippen molar-refractivity contribution in [2.45, 2.75) is 58.0 Å². The third-order valence-electron chi connectivity index (χ3n) is 5.24. The number of aryl methyl sites for hydroxylation is 1. The van der Waals surface area contributed by atoms with Crippen molar-refractivity contribution in [2.24, 2.45) is 4.99 Å². The topological polar surface area (TPSA) is 33.4 Å². The van der Waals surface area contributed by atoms with Gasteiger partial charge in [0.05, 0.1) is 11.7 Å². The van der Waals surface area contributed by atoms with Crippen LogP contribution in [0.15, 0.2) is 35.5 Å². The van der Waals surface area contributed by atoms with Crippen LogP contribution in [-0.2, 0) is 0 Å². The number of amidine groups is 1. The molecule has 25 heavy (non-hydrogen) atoms. The fourth-order valence-corrected chi connectivity index (χ4v) is 5.44. The maximum atomic E-state index is 5.09. The van der Waals surface area contributed by atoms with E-state index in [0.29, 0.717) is 11.3 Å². The van der Waals surface area contributed by atoms with Crippen LogP contribution in [0.3, 0.4) is 0 Å². The molecule has 0 saturated carbocycles. The van der Waals surface area contributed by atoms with Gasteiger partial charge in [0.2, 0.25) is 0 Å². The molecule has 2 aliphatic heterocycles. The van der Waals surface area contributed by atoms with Crippen LogP contribution in [0, 0.1) is 13.8 Å². The van der Waals surface area contributed by atoms with Gasteiger partial charge in [-0.3, -0.25) is 9.98 Å². The number of thioether (sulfide) groups is 1. The average molecular weight is 355 g/mol. The van der Waals surface area contributed by atoms with Gasteiger partial charge in [0.25, 0.3) is 0 Å². The molecule has 0 aliphatic carbocycles. The van der Waals surface area contributed by atoms with Crippen molar-refractivity contribution in [3.8, 4) is 0 Å². The van der Waals surface area contributed by atoms with E-state index in [1.807, 2.05) is 24.0 Å².